The van der Waals surface area contributed by atoms with Crippen molar-refractivity contribution in [3.8, 4) is 0 Å². The van der Waals surface area contributed by atoms with Gasteiger partial charge >= 0.3 is 0 Å². The number of amides is 3. The Balaban J connectivity index is 1.33. The highest BCUT2D eigenvalue weighted by Crippen LogP contribution is 2.36. The number of anilines is 1. The Kier molecular flexibility index (Phi) is 6.93. The van der Waals surface area contributed by atoms with Crippen molar-refractivity contribution in [3.05, 3.63) is 98.8 Å². The maximum absolute atomic E-state index is 12.5. The van der Waals surface area contributed by atoms with E-state index in [1.165, 1.54) is 11.3 Å². The zero-order chi connectivity index (χ0) is 23.4. The topological polar surface area (TPSA) is 87.3 Å². The highest BCUT2D eigenvalue weighted by atomic mass is 35.5. The molecule has 3 N–H and O–H groups in total. The molecule has 0 saturated heterocycles. The van der Waals surface area contributed by atoms with Gasteiger partial charge in [-0.3, -0.25) is 25.2 Å². The van der Waals surface area contributed by atoms with E-state index in [1.807, 2.05) is 30.3 Å². The van der Waals surface area contributed by atoms with Crippen molar-refractivity contribution in [2.75, 3.05) is 5.32 Å². The Bertz CT molecular complexity index is 1340. The van der Waals surface area contributed by atoms with E-state index < -0.39 is 11.8 Å². The second-order valence-corrected chi connectivity index (χ2v) is 8.95. The molecule has 9 heteroatoms. The normalized spacial score (nSPS) is 10.6. The van der Waals surface area contributed by atoms with Crippen LogP contribution in [-0.2, 0) is 11.2 Å². The van der Waals surface area contributed by atoms with Crippen molar-refractivity contribution in [3.63, 3.8) is 0 Å². The number of benzene rings is 3. The molecule has 3 amide bonds. The van der Waals surface area contributed by atoms with Crippen molar-refractivity contribution < 1.29 is 14.4 Å². The smallest absolute Gasteiger partial charge is 0.281 e. The first-order valence-electron chi connectivity index (χ1n) is 9.83. The van der Waals surface area contributed by atoms with Crippen LogP contribution in [0.1, 0.15) is 25.6 Å². The van der Waals surface area contributed by atoms with Crippen molar-refractivity contribution in [1.82, 2.24) is 10.9 Å². The number of carbonyl (C=O) groups is 3. The molecule has 0 radical (unpaired) electrons. The van der Waals surface area contributed by atoms with E-state index in [9.17, 15) is 14.4 Å². The summed E-state index contributed by atoms with van der Waals surface area (Å²) in [6, 6.07) is 20.9. The van der Waals surface area contributed by atoms with Crippen LogP contribution in [0.3, 0.4) is 0 Å². The van der Waals surface area contributed by atoms with E-state index in [2.05, 4.69) is 16.2 Å². The van der Waals surface area contributed by atoms with Crippen LogP contribution >= 0.6 is 34.5 Å². The molecule has 0 aliphatic rings. The van der Waals surface area contributed by atoms with Crippen LogP contribution in [-0.4, -0.2) is 17.7 Å². The van der Waals surface area contributed by atoms with Gasteiger partial charge in [-0.1, -0.05) is 59.6 Å². The molecule has 166 valence electrons. The number of thiophene rings is 1. The molecule has 0 fully saturated rings. The molecule has 3 aromatic carbocycles. The second kappa shape index (κ2) is 10.0. The minimum Gasteiger partial charge on any atom is -0.326 e. The van der Waals surface area contributed by atoms with Gasteiger partial charge in [-0.05, 0) is 42.0 Å². The van der Waals surface area contributed by atoms with Gasteiger partial charge in [0.2, 0.25) is 5.91 Å². The summed E-state index contributed by atoms with van der Waals surface area (Å²) in [5, 5.41) is 4.35. The molecule has 0 aliphatic carbocycles. The Morgan fingerprint density at radius 3 is 2.24 bits per heavy atom. The number of rotatable bonds is 5. The summed E-state index contributed by atoms with van der Waals surface area (Å²) in [4.78, 5) is 37.3. The lowest BCUT2D eigenvalue weighted by Crippen LogP contribution is -2.41. The first-order chi connectivity index (χ1) is 15.9. The van der Waals surface area contributed by atoms with E-state index in [1.54, 1.807) is 42.5 Å². The highest BCUT2D eigenvalue weighted by Gasteiger charge is 2.18. The fourth-order valence-electron chi connectivity index (χ4n) is 3.12. The van der Waals surface area contributed by atoms with Gasteiger partial charge in [0.05, 0.1) is 11.4 Å². The van der Waals surface area contributed by atoms with Gasteiger partial charge in [0, 0.05) is 26.4 Å². The van der Waals surface area contributed by atoms with Crippen molar-refractivity contribution in [2.45, 2.75) is 6.42 Å². The summed E-state index contributed by atoms with van der Waals surface area (Å²) in [6.07, 6.45) is 0.252. The van der Waals surface area contributed by atoms with Crippen LogP contribution in [0.4, 0.5) is 5.69 Å². The standard InChI is InChI=1S/C24H17Cl2N3O3S/c25-16-8-11-18-19(13-16)33-22(21(18)26)24(32)29-28-23(31)15-6-9-17(10-7-15)27-20(30)12-14-4-2-1-3-5-14/h1-11,13H,12H2,(H,27,30)(H,28,31)(H,29,32). The largest absolute Gasteiger partial charge is 0.326 e. The SMILES string of the molecule is O=C(Cc1ccccc1)Nc1ccc(C(=O)NNC(=O)c2sc3cc(Cl)ccc3c2Cl)cc1. The third-order valence-electron chi connectivity index (χ3n) is 4.73. The van der Waals surface area contributed by atoms with Crippen LogP contribution in [0.15, 0.2) is 72.8 Å². The molecule has 4 rings (SSSR count). The summed E-state index contributed by atoms with van der Waals surface area (Å²) in [5.74, 6) is -1.20. The lowest BCUT2D eigenvalue weighted by molar-refractivity contribution is -0.115. The Morgan fingerprint density at radius 1 is 0.818 bits per heavy atom. The van der Waals surface area contributed by atoms with E-state index in [0.717, 1.165) is 10.3 Å². The molecule has 6 nitrogen and oxygen atoms in total. The first-order valence-corrected chi connectivity index (χ1v) is 11.4. The summed E-state index contributed by atoms with van der Waals surface area (Å²) in [5.41, 5.74) is 6.52. The Hall–Kier alpha value is -3.39. The van der Waals surface area contributed by atoms with E-state index in [-0.39, 0.29) is 17.2 Å². The quantitative estimate of drug-likeness (QED) is 0.319. The van der Waals surface area contributed by atoms with E-state index >= 15 is 0 Å². The summed E-state index contributed by atoms with van der Waals surface area (Å²) in [7, 11) is 0. The van der Waals surface area contributed by atoms with Gasteiger partial charge < -0.3 is 5.32 Å². The van der Waals surface area contributed by atoms with Crippen molar-refractivity contribution in [1.29, 1.82) is 0 Å². The lowest BCUT2D eigenvalue weighted by Gasteiger charge is -2.08. The molecule has 0 saturated carbocycles. The monoisotopic (exact) mass is 497 g/mol. The lowest BCUT2D eigenvalue weighted by atomic mass is 10.1. The zero-order valence-electron chi connectivity index (χ0n) is 17.0. The molecule has 1 heterocycles. The van der Waals surface area contributed by atoms with Gasteiger partial charge in [-0.15, -0.1) is 11.3 Å². The summed E-state index contributed by atoms with van der Waals surface area (Å²) >= 11 is 13.5. The average Bonchev–Trinajstić information content (AvgIpc) is 3.14. The van der Waals surface area contributed by atoms with E-state index in [0.29, 0.717) is 26.7 Å². The minimum absolute atomic E-state index is 0.160. The van der Waals surface area contributed by atoms with Gasteiger partial charge in [0.15, 0.2) is 0 Å². The van der Waals surface area contributed by atoms with Crippen LogP contribution in [0, 0.1) is 0 Å². The molecule has 1 aromatic heterocycles. The predicted octanol–water partition coefficient (Wildman–Crippen LogP) is 5.46. The molecular weight excluding hydrogens is 481 g/mol. The highest BCUT2D eigenvalue weighted by molar-refractivity contribution is 7.21. The number of halogens is 2. The molecule has 33 heavy (non-hydrogen) atoms. The molecule has 0 unspecified atom stereocenters. The van der Waals surface area contributed by atoms with Gasteiger partial charge in [-0.2, -0.15) is 0 Å². The maximum Gasteiger partial charge on any atom is 0.281 e. The fourth-order valence-corrected chi connectivity index (χ4v) is 4.81. The number of hydrogen-bond acceptors (Lipinski definition) is 4. The average molecular weight is 498 g/mol. The Morgan fingerprint density at radius 2 is 1.52 bits per heavy atom. The van der Waals surface area contributed by atoms with Gasteiger partial charge in [0.25, 0.3) is 11.8 Å². The Labute approximate surface area is 203 Å². The molecule has 0 bridgehead atoms. The van der Waals surface area contributed by atoms with Crippen molar-refractivity contribution in [2.24, 2.45) is 0 Å². The first kappa shape index (κ1) is 22.8. The van der Waals surface area contributed by atoms with Gasteiger partial charge in [0.1, 0.15) is 4.88 Å². The van der Waals surface area contributed by atoms with Crippen molar-refractivity contribution >= 4 is 68.0 Å². The maximum atomic E-state index is 12.5. The third kappa shape index (κ3) is 5.51. The third-order valence-corrected chi connectivity index (χ3v) is 6.62. The van der Waals surface area contributed by atoms with Crippen LogP contribution < -0.4 is 16.2 Å². The fraction of sp³-hybridized carbons (Fsp3) is 0.0417. The van der Waals surface area contributed by atoms with E-state index in [4.69, 9.17) is 23.2 Å². The number of hydrazine groups is 1. The molecule has 0 atom stereocenters. The summed E-state index contributed by atoms with van der Waals surface area (Å²) < 4.78 is 0.772. The molecule has 4 aromatic rings. The van der Waals surface area contributed by atoms with Crippen LogP contribution in [0.25, 0.3) is 10.1 Å². The molecule has 0 spiro atoms. The van der Waals surface area contributed by atoms with Crippen LogP contribution in [0.5, 0.6) is 0 Å². The number of hydrogen-bond donors (Lipinski definition) is 3. The van der Waals surface area contributed by atoms with Crippen LogP contribution in [0.2, 0.25) is 10.0 Å². The predicted molar refractivity (Wildman–Crippen MR) is 132 cm³/mol. The minimum atomic E-state index is -0.532. The second-order valence-electron chi connectivity index (χ2n) is 7.08. The molecule has 0 aliphatic heterocycles. The van der Waals surface area contributed by atoms with Gasteiger partial charge in [-0.25, -0.2) is 0 Å². The zero-order valence-corrected chi connectivity index (χ0v) is 19.4. The summed E-state index contributed by atoms with van der Waals surface area (Å²) in [6.45, 7) is 0. The number of carbonyl (C=O) groups excluding carboxylic acids is 3. The molecular formula is C24H17Cl2N3O3S. The number of fused-ring (bicyclic) bond motifs is 1. The number of nitrogens with one attached hydrogen (secondary N) is 3.